The lowest BCUT2D eigenvalue weighted by atomic mass is 9.53. The first-order valence-electron chi connectivity index (χ1n) is 11.8. The molecule has 1 N–H and O–H groups in total. The van der Waals surface area contributed by atoms with Gasteiger partial charge in [0.05, 0.1) is 21.5 Å². The van der Waals surface area contributed by atoms with Gasteiger partial charge in [-0.3, -0.25) is 24.3 Å². The Morgan fingerprint density at radius 1 is 1.14 bits per heavy atom. The third-order valence-corrected chi connectivity index (χ3v) is 8.79. The van der Waals surface area contributed by atoms with Gasteiger partial charge in [0.2, 0.25) is 5.69 Å². The highest BCUT2D eigenvalue weighted by atomic mass is 79.9. The second-order valence-corrected chi connectivity index (χ2v) is 11.5. The van der Waals surface area contributed by atoms with Gasteiger partial charge in [0.25, 0.3) is 5.91 Å². The maximum atomic E-state index is 13.2. The fourth-order valence-corrected chi connectivity index (χ4v) is 7.39. The van der Waals surface area contributed by atoms with E-state index in [1.807, 2.05) is 18.2 Å². The molecule has 7 rings (SSSR count). The van der Waals surface area contributed by atoms with Crippen LogP contribution in [0.1, 0.15) is 54.6 Å². The van der Waals surface area contributed by atoms with Gasteiger partial charge in [-0.25, -0.2) is 0 Å². The van der Waals surface area contributed by atoms with Crippen LogP contribution in [0.15, 0.2) is 41.1 Å². The third kappa shape index (κ3) is 4.06. The van der Waals surface area contributed by atoms with Gasteiger partial charge in [-0.1, -0.05) is 29.8 Å². The quantitative estimate of drug-likeness (QED) is 0.311. The molecular formula is C24H24BrClN6O3. The van der Waals surface area contributed by atoms with Crippen LogP contribution in [0.3, 0.4) is 0 Å². The number of hydrogen-bond donors (Lipinski definition) is 1. The molecule has 4 aliphatic rings. The van der Waals surface area contributed by atoms with Crippen LogP contribution in [0.4, 0.5) is 11.5 Å². The minimum atomic E-state index is -0.649. The van der Waals surface area contributed by atoms with Crippen molar-refractivity contribution in [3.8, 4) is 0 Å². The number of benzene rings is 1. The minimum absolute atomic E-state index is 0.182. The number of rotatable bonds is 6. The number of anilines is 1. The van der Waals surface area contributed by atoms with E-state index in [0.29, 0.717) is 33.8 Å². The van der Waals surface area contributed by atoms with Crippen molar-refractivity contribution in [2.45, 2.75) is 50.6 Å². The summed E-state index contributed by atoms with van der Waals surface area (Å²) in [4.78, 5) is 24.5. The molecule has 0 aliphatic heterocycles. The van der Waals surface area contributed by atoms with Gasteiger partial charge in [-0.05, 0) is 83.8 Å². The molecule has 0 atom stereocenters. The van der Waals surface area contributed by atoms with Crippen molar-refractivity contribution in [3.63, 3.8) is 0 Å². The molecule has 9 nitrogen and oxygen atoms in total. The van der Waals surface area contributed by atoms with E-state index in [2.05, 4.69) is 31.4 Å². The highest BCUT2D eigenvalue weighted by Crippen LogP contribution is 2.58. The molecule has 1 amide bonds. The van der Waals surface area contributed by atoms with Gasteiger partial charge in [-0.2, -0.15) is 10.2 Å². The van der Waals surface area contributed by atoms with E-state index < -0.39 is 10.8 Å². The molecule has 2 heterocycles. The summed E-state index contributed by atoms with van der Waals surface area (Å²) in [6.45, 7) is 0.412. The maximum absolute atomic E-state index is 13.2. The summed E-state index contributed by atoms with van der Waals surface area (Å²) in [6, 6.07) is 7.45. The molecule has 4 aliphatic carbocycles. The van der Waals surface area contributed by atoms with Crippen molar-refractivity contribution in [1.29, 1.82) is 0 Å². The Kier molecular flexibility index (Phi) is 5.48. The molecule has 11 heteroatoms. The summed E-state index contributed by atoms with van der Waals surface area (Å²) in [5, 5.41) is 24.1. The standard InChI is InChI=1S/C24H24BrClN6O3/c25-18-12-30(11-17-3-1-2-4-19(17)26)29-22(18)27-23(33)21-20(32(34)35)13-31(28-21)24-8-14-5-15(9-24)7-16(6-14)10-24/h1-4,12-16H,5-11H2,(H,27,29,33). The smallest absolute Gasteiger partial charge is 0.302 e. The molecule has 182 valence electrons. The first-order valence-corrected chi connectivity index (χ1v) is 13.0. The molecule has 4 saturated carbocycles. The Balaban J connectivity index is 1.26. The van der Waals surface area contributed by atoms with Crippen molar-refractivity contribution in [1.82, 2.24) is 19.6 Å². The van der Waals surface area contributed by atoms with Gasteiger partial charge in [0.15, 0.2) is 5.82 Å². The van der Waals surface area contributed by atoms with Crippen LogP contribution < -0.4 is 5.32 Å². The summed E-state index contributed by atoms with van der Waals surface area (Å²) in [5.74, 6) is 1.57. The number of hydrogen-bond acceptors (Lipinski definition) is 5. The normalized spacial score (nSPS) is 26.7. The van der Waals surface area contributed by atoms with Gasteiger partial charge in [-0.15, -0.1) is 0 Å². The molecule has 0 spiro atoms. The molecule has 3 aromatic rings. The highest BCUT2D eigenvalue weighted by molar-refractivity contribution is 9.10. The van der Waals surface area contributed by atoms with E-state index in [-0.39, 0.29) is 22.7 Å². The first kappa shape index (κ1) is 22.7. The van der Waals surface area contributed by atoms with E-state index >= 15 is 0 Å². The van der Waals surface area contributed by atoms with Crippen LogP contribution in [-0.2, 0) is 12.1 Å². The largest absolute Gasteiger partial charge is 0.320 e. The van der Waals surface area contributed by atoms with Crippen molar-refractivity contribution < 1.29 is 9.72 Å². The molecule has 0 unspecified atom stereocenters. The summed E-state index contributed by atoms with van der Waals surface area (Å²) < 4.78 is 3.94. The van der Waals surface area contributed by atoms with Gasteiger partial charge >= 0.3 is 5.69 Å². The summed E-state index contributed by atoms with van der Waals surface area (Å²) in [5.41, 5.74) is 0.213. The molecule has 0 saturated heterocycles. The van der Waals surface area contributed by atoms with Gasteiger partial charge < -0.3 is 5.32 Å². The average molecular weight is 560 g/mol. The molecule has 1 aromatic carbocycles. The zero-order chi connectivity index (χ0) is 24.3. The molecular weight excluding hydrogens is 536 g/mol. The van der Waals surface area contributed by atoms with Crippen LogP contribution >= 0.6 is 27.5 Å². The maximum Gasteiger partial charge on any atom is 0.320 e. The van der Waals surface area contributed by atoms with E-state index in [1.165, 1.54) is 25.5 Å². The lowest BCUT2D eigenvalue weighted by Gasteiger charge is -2.56. The SMILES string of the molecule is O=C(Nc1nn(Cc2ccccc2Cl)cc1Br)c1nn(C23CC4CC(CC(C4)C2)C3)cc1[N+](=O)[O-]. The van der Waals surface area contributed by atoms with Crippen LogP contribution in [0.2, 0.25) is 5.02 Å². The third-order valence-electron chi connectivity index (χ3n) is 7.84. The van der Waals surface area contributed by atoms with Crippen molar-refractivity contribution >= 4 is 44.9 Å². The summed E-state index contributed by atoms with van der Waals surface area (Å²) in [6.07, 6.45) is 9.89. The lowest BCUT2D eigenvalue weighted by molar-refractivity contribution is -0.385. The van der Waals surface area contributed by atoms with Gasteiger partial charge in [0.1, 0.15) is 6.20 Å². The van der Waals surface area contributed by atoms with Crippen LogP contribution in [0.25, 0.3) is 0 Å². The van der Waals surface area contributed by atoms with Crippen LogP contribution in [0.5, 0.6) is 0 Å². The number of nitrogens with one attached hydrogen (secondary N) is 1. The second kappa shape index (κ2) is 8.44. The molecule has 2 aromatic heterocycles. The van der Waals surface area contributed by atoms with E-state index in [9.17, 15) is 14.9 Å². The molecule has 35 heavy (non-hydrogen) atoms. The van der Waals surface area contributed by atoms with Crippen molar-refractivity contribution in [2.24, 2.45) is 17.8 Å². The number of aromatic nitrogens is 4. The van der Waals surface area contributed by atoms with Crippen molar-refractivity contribution in [3.05, 3.63) is 67.5 Å². The van der Waals surface area contributed by atoms with E-state index in [4.69, 9.17) is 11.6 Å². The summed E-state index contributed by atoms with van der Waals surface area (Å²) >= 11 is 9.67. The minimum Gasteiger partial charge on any atom is -0.302 e. The number of nitrogens with zero attached hydrogens (tertiary/aromatic N) is 5. The van der Waals surface area contributed by atoms with E-state index in [0.717, 1.165) is 24.8 Å². The fourth-order valence-electron chi connectivity index (χ4n) is 6.78. The zero-order valence-corrected chi connectivity index (χ0v) is 21.2. The Labute approximate surface area is 215 Å². The number of halogens is 2. The number of amides is 1. The van der Waals surface area contributed by atoms with Crippen molar-refractivity contribution in [2.75, 3.05) is 5.32 Å². The van der Waals surface area contributed by atoms with E-state index in [1.54, 1.807) is 21.6 Å². The Morgan fingerprint density at radius 3 is 2.43 bits per heavy atom. The van der Waals surface area contributed by atoms with Gasteiger partial charge in [0, 0.05) is 11.2 Å². The fraction of sp³-hybridized carbons (Fsp3) is 0.458. The predicted molar refractivity (Wildman–Crippen MR) is 133 cm³/mol. The highest BCUT2D eigenvalue weighted by Gasteiger charge is 2.53. The Hall–Kier alpha value is -2.72. The topological polar surface area (TPSA) is 108 Å². The monoisotopic (exact) mass is 558 g/mol. The summed E-state index contributed by atoms with van der Waals surface area (Å²) in [7, 11) is 0. The number of carbonyl (C=O) groups excluding carboxylic acids is 1. The zero-order valence-electron chi connectivity index (χ0n) is 18.9. The Bertz CT molecular complexity index is 1300. The molecule has 0 radical (unpaired) electrons. The Morgan fingerprint density at radius 2 is 1.80 bits per heavy atom. The second-order valence-electron chi connectivity index (χ2n) is 10.3. The average Bonchev–Trinajstić information content (AvgIpc) is 3.39. The van der Waals surface area contributed by atoms with Crippen LogP contribution in [-0.4, -0.2) is 30.4 Å². The number of nitro groups is 1. The number of carbonyl (C=O) groups is 1. The first-order chi connectivity index (χ1) is 16.8. The van der Waals surface area contributed by atoms with Crippen LogP contribution in [0, 0.1) is 27.9 Å². The molecule has 4 fully saturated rings. The lowest BCUT2D eigenvalue weighted by Crippen LogP contribution is -2.52. The predicted octanol–water partition coefficient (Wildman–Crippen LogP) is 5.63. The molecule has 4 bridgehead atoms.